The zero-order chi connectivity index (χ0) is 20.3. The maximum absolute atomic E-state index is 13.0. The first-order valence-electron chi connectivity index (χ1n) is 8.50. The number of anilines is 1. The van der Waals surface area contributed by atoms with Crippen molar-refractivity contribution in [2.45, 2.75) is 13.0 Å². The molecule has 1 amide bonds. The Morgan fingerprint density at radius 1 is 1.11 bits per heavy atom. The fourth-order valence-electron chi connectivity index (χ4n) is 3.01. The Kier molecular flexibility index (Phi) is 6.06. The Morgan fingerprint density at radius 3 is 2.43 bits per heavy atom. The SMILES string of the molecule is COc1ccc(C2NC(=S)NC(C)=C2C(=O)Nc2ccc(Cl)cc2)cc1OC. The van der Waals surface area contributed by atoms with Gasteiger partial charge >= 0.3 is 0 Å². The van der Waals surface area contributed by atoms with E-state index in [0.717, 1.165) is 5.56 Å². The molecule has 3 N–H and O–H groups in total. The minimum absolute atomic E-state index is 0.248. The number of nitrogens with one attached hydrogen (secondary N) is 3. The number of allylic oxidation sites excluding steroid dienone is 1. The highest BCUT2D eigenvalue weighted by Gasteiger charge is 2.30. The molecule has 2 aromatic carbocycles. The van der Waals surface area contributed by atoms with Gasteiger partial charge in [-0.15, -0.1) is 0 Å². The molecule has 1 unspecified atom stereocenters. The molecule has 0 bridgehead atoms. The standard InChI is InChI=1S/C20H20ClN3O3S/c1-11-17(19(25)23-14-7-5-13(21)6-8-14)18(24-20(28)22-11)12-4-9-15(26-2)16(10-12)27-3/h4-10,18H,1-3H3,(H,23,25)(H2,22,24,28). The summed E-state index contributed by atoms with van der Waals surface area (Å²) in [5.74, 6) is 0.930. The van der Waals surface area contributed by atoms with Gasteiger partial charge in [0, 0.05) is 16.4 Å². The highest BCUT2D eigenvalue weighted by atomic mass is 35.5. The van der Waals surface area contributed by atoms with Crippen molar-refractivity contribution >= 4 is 40.5 Å². The highest BCUT2D eigenvalue weighted by Crippen LogP contribution is 2.34. The fraction of sp³-hybridized carbons (Fsp3) is 0.200. The molecule has 1 aliphatic rings. The van der Waals surface area contributed by atoms with Crippen molar-refractivity contribution in [2.24, 2.45) is 0 Å². The monoisotopic (exact) mass is 417 g/mol. The van der Waals surface area contributed by atoms with Crippen LogP contribution in [0.25, 0.3) is 0 Å². The molecule has 6 nitrogen and oxygen atoms in total. The van der Waals surface area contributed by atoms with Gasteiger partial charge in [-0.05, 0) is 61.1 Å². The smallest absolute Gasteiger partial charge is 0.255 e. The van der Waals surface area contributed by atoms with Crippen molar-refractivity contribution in [1.29, 1.82) is 0 Å². The Bertz CT molecular complexity index is 944. The average Bonchev–Trinajstić information content (AvgIpc) is 2.68. The van der Waals surface area contributed by atoms with Crippen LogP contribution in [0.4, 0.5) is 5.69 Å². The Balaban J connectivity index is 1.96. The molecule has 3 rings (SSSR count). The van der Waals surface area contributed by atoms with Crippen LogP contribution in [0.2, 0.25) is 5.02 Å². The van der Waals surface area contributed by atoms with Crippen LogP contribution in [0.1, 0.15) is 18.5 Å². The summed E-state index contributed by atoms with van der Waals surface area (Å²) in [5, 5.41) is 10.1. The van der Waals surface area contributed by atoms with Gasteiger partial charge in [0.1, 0.15) is 0 Å². The van der Waals surface area contributed by atoms with Crippen molar-refractivity contribution < 1.29 is 14.3 Å². The number of carbonyl (C=O) groups is 1. The van der Waals surface area contributed by atoms with Crippen molar-refractivity contribution in [2.75, 3.05) is 19.5 Å². The lowest BCUT2D eigenvalue weighted by Gasteiger charge is -2.30. The van der Waals surface area contributed by atoms with Crippen LogP contribution in [0, 0.1) is 0 Å². The number of rotatable bonds is 5. The number of ether oxygens (including phenoxy) is 2. The zero-order valence-corrected chi connectivity index (χ0v) is 17.2. The van der Waals surface area contributed by atoms with E-state index in [9.17, 15) is 4.79 Å². The maximum atomic E-state index is 13.0. The van der Waals surface area contributed by atoms with E-state index in [1.807, 2.05) is 19.1 Å². The normalized spacial score (nSPS) is 16.1. The lowest BCUT2D eigenvalue weighted by atomic mass is 9.94. The largest absolute Gasteiger partial charge is 0.493 e. The molecular weight excluding hydrogens is 398 g/mol. The van der Waals surface area contributed by atoms with Crippen LogP contribution in [-0.4, -0.2) is 25.2 Å². The summed E-state index contributed by atoms with van der Waals surface area (Å²) in [5.41, 5.74) is 2.67. The van der Waals surface area contributed by atoms with Crippen LogP contribution in [0.15, 0.2) is 53.7 Å². The predicted octanol–water partition coefficient (Wildman–Crippen LogP) is 3.79. The van der Waals surface area contributed by atoms with Crippen molar-refractivity contribution in [3.05, 3.63) is 64.3 Å². The molecule has 1 aliphatic heterocycles. The average molecular weight is 418 g/mol. The van der Waals surface area contributed by atoms with Gasteiger partial charge in [-0.2, -0.15) is 0 Å². The second-order valence-electron chi connectivity index (χ2n) is 6.15. The number of carbonyl (C=O) groups excluding carboxylic acids is 1. The molecule has 2 aromatic rings. The first-order chi connectivity index (χ1) is 13.4. The number of hydrogen-bond acceptors (Lipinski definition) is 4. The van der Waals surface area contributed by atoms with E-state index in [2.05, 4.69) is 16.0 Å². The topological polar surface area (TPSA) is 71.6 Å². The third-order valence-corrected chi connectivity index (χ3v) is 4.83. The number of benzene rings is 2. The summed E-state index contributed by atoms with van der Waals surface area (Å²) in [7, 11) is 3.14. The lowest BCUT2D eigenvalue weighted by Crippen LogP contribution is -2.45. The van der Waals surface area contributed by atoms with Gasteiger partial charge in [-0.25, -0.2) is 0 Å². The van der Waals surface area contributed by atoms with Gasteiger partial charge in [0.2, 0.25) is 0 Å². The molecule has 0 aromatic heterocycles. The first kappa shape index (κ1) is 20.0. The molecule has 0 spiro atoms. The zero-order valence-electron chi connectivity index (χ0n) is 15.6. The molecule has 0 saturated carbocycles. The Hall–Kier alpha value is -2.77. The van der Waals surface area contributed by atoms with Crippen LogP contribution < -0.4 is 25.4 Å². The van der Waals surface area contributed by atoms with E-state index in [0.29, 0.717) is 38.6 Å². The molecule has 1 atom stereocenters. The minimum atomic E-state index is -0.444. The van der Waals surface area contributed by atoms with Gasteiger partial charge < -0.3 is 25.4 Å². The number of thiocarbonyl (C=S) groups is 1. The molecule has 0 aliphatic carbocycles. The van der Waals surface area contributed by atoms with E-state index in [1.165, 1.54) is 0 Å². The van der Waals surface area contributed by atoms with E-state index < -0.39 is 6.04 Å². The fourth-order valence-corrected chi connectivity index (χ4v) is 3.41. The maximum Gasteiger partial charge on any atom is 0.255 e. The van der Waals surface area contributed by atoms with E-state index >= 15 is 0 Å². The minimum Gasteiger partial charge on any atom is -0.493 e. The molecule has 1 heterocycles. The van der Waals surface area contributed by atoms with Gasteiger partial charge in [0.15, 0.2) is 16.6 Å². The third kappa shape index (κ3) is 4.21. The summed E-state index contributed by atoms with van der Waals surface area (Å²) >= 11 is 11.2. The molecule has 0 fully saturated rings. The van der Waals surface area contributed by atoms with Crippen LogP contribution >= 0.6 is 23.8 Å². The second-order valence-corrected chi connectivity index (χ2v) is 6.99. The molecule has 0 saturated heterocycles. The predicted molar refractivity (Wildman–Crippen MR) is 114 cm³/mol. The molecule has 0 radical (unpaired) electrons. The molecule has 28 heavy (non-hydrogen) atoms. The van der Waals surface area contributed by atoms with Gasteiger partial charge in [-0.3, -0.25) is 4.79 Å². The van der Waals surface area contributed by atoms with Crippen LogP contribution in [0.3, 0.4) is 0 Å². The lowest BCUT2D eigenvalue weighted by molar-refractivity contribution is -0.113. The van der Waals surface area contributed by atoms with Crippen molar-refractivity contribution in [1.82, 2.24) is 10.6 Å². The van der Waals surface area contributed by atoms with Crippen LogP contribution in [0.5, 0.6) is 11.5 Å². The summed E-state index contributed by atoms with van der Waals surface area (Å²) in [6.07, 6.45) is 0. The quantitative estimate of drug-likeness (QED) is 0.643. The number of halogens is 1. The molecular formula is C20H20ClN3O3S. The van der Waals surface area contributed by atoms with Crippen molar-refractivity contribution in [3.63, 3.8) is 0 Å². The summed E-state index contributed by atoms with van der Waals surface area (Å²) in [6, 6.07) is 12.0. The first-order valence-corrected chi connectivity index (χ1v) is 9.28. The third-order valence-electron chi connectivity index (χ3n) is 4.36. The Labute approximate surface area is 173 Å². The van der Waals surface area contributed by atoms with Crippen molar-refractivity contribution in [3.8, 4) is 11.5 Å². The van der Waals surface area contributed by atoms with Gasteiger partial charge in [0.25, 0.3) is 5.91 Å². The number of methoxy groups -OCH3 is 2. The van der Waals surface area contributed by atoms with Gasteiger partial charge in [0.05, 0.1) is 25.8 Å². The molecule has 8 heteroatoms. The van der Waals surface area contributed by atoms with Gasteiger partial charge in [-0.1, -0.05) is 17.7 Å². The number of hydrogen-bond donors (Lipinski definition) is 3. The van der Waals surface area contributed by atoms with Crippen LogP contribution in [-0.2, 0) is 4.79 Å². The van der Waals surface area contributed by atoms with E-state index in [4.69, 9.17) is 33.3 Å². The Morgan fingerprint density at radius 2 is 1.79 bits per heavy atom. The molecule has 146 valence electrons. The number of amides is 1. The summed E-state index contributed by atoms with van der Waals surface area (Å²) in [6.45, 7) is 1.82. The van der Waals surface area contributed by atoms with E-state index in [1.54, 1.807) is 44.6 Å². The van der Waals surface area contributed by atoms with E-state index in [-0.39, 0.29) is 5.91 Å². The highest BCUT2D eigenvalue weighted by molar-refractivity contribution is 7.80. The second kappa shape index (κ2) is 8.50. The summed E-state index contributed by atoms with van der Waals surface area (Å²) in [4.78, 5) is 13.0. The summed E-state index contributed by atoms with van der Waals surface area (Å²) < 4.78 is 10.7.